The van der Waals surface area contributed by atoms with E-state index in [1.54, 1.807) is 12.1 Å². The van der Waals surface area contributed by atoms with Gasteiger partial charge in [0.25, 0.3) is 5.91 Å². The van der Waals surface area contributed by atoms with Gasteiger partial charge in [0.1, 0.15) is 11.9 Å². The van der Waals surface area contributed by atoms with Gasteiger partial charge in [-0.05, 0) is 42.7 Å². The second-order valence-corrected chi connectivity index (χ2v) is 8.22. The smallest absolute Gasteiger partial charge is 0.251 e. The number of benzene rings is 2. The summed E-state index contributed by atoms with van der Waals surface area (Å²) in [6, 6.07) is 17.4. The molecule has 0 unspecified atom stereocenters. The molecule has 2 amide bonds. The molecule has 0 aromatic heterocycles. The van der Waals surface area contributed by atoms with Crippen molar-refractivity contribution in [3.8, 4) is 5.75 Å². The topological polar surface area (TPSA) is 67.9 Å². The second kappa shape index (κ2) is 10.4. The summed E-state index contributed by atoms with van der Waals surface area (Å²) in [6.07, 6.45) is 3.38. The highest BCUT2D eigenvalue weighted by molar-refractivity contribution is 5.94. The van der Waals surface area contributed by atoms with Gasteiger partial charge in [-0.25, -0.2) is 0 Å². The molecule has 164 valence electrons. The normalized spacial score (nSPS) is 19.2. The van der Waals surface area contributed by atoms with Gasteiger partial charge in [0.15, 0.2) is 0 Å². The van der Waals surface area contributed by atoms with E-state index in [2.05, 4.69) is 17.4 Å². The van der Waals surface area contributed by atoms with E-state index in [4.69, 9.17) is 9.47 Å². The number of ether oxygens (including phenoxy) is 2. The number of hydrogen-bond donors (Lipinski definition) is 1. The zero-order valence-corrected chi connectivity index (χ0v) is 17.8. The van der Waals surface area contributed by atoms with E-state index < -0.39 is 0 Å². The Kier molecular flexibility index (Phi) is 7.20. The van der Waals surface area contributed by atoms with Gasteiger partial charge in [0.05, 0.1) is 12.5 Å². The van der Waals surface area contributed by atoms with Crippen LogP contribution in [-0.2, 0) is 16.0 Å². The molecule has 2 saturated heterocycles. The first-order chi connectivity index (χ1) is 15.2. The molecule has 0 bridgehead atoms. The first kappa shape index (κ1) is 21.4. The van der Waals surface area contributed by atoms with Crippen LogP contribution in [0.3, 0.4) is 0 Å². The molecule has 2 aromatic rings. The van der Waals surface area contributed by atoms with Crippen molar-refractivity contribution >= 4 is 11.8 Å². The zero-order valence-electron chi connectivity index (χ0n) is 17.8. The first-order valence-corrected chi connectivity index (χ1v) is 11.1. The molecule has 6 heteroatoms. The third kappa shape index (κ3) is 5.85. The van der Waals surface area contributed by atoms with Gasteiger partial charge in [0, 0.05) is 44.6 Å². The first-order valence-electron chi connectivity index (χ1n) is 11.1. The number of carbonyl (C=O) groups excluding carboxylic acids is 2. The number of nitrogens with one attached hydrogen (secondary N) is 1. The minimum absolute atomic E-state index is 0.0313. The van der Waals surface area contributed by atoms with Crippen LogP contribution < -0.4 is 10.1 Å². The molecule has 0 saturated carbocycles. The molecule has 2 aromatic carbocycles. The Bertz CT molecular complexity index is 855. The number of amides is 2. The molecule has 4 rings (SSSR count). The Hall–Kier alpha value is -2.86. The lowest BCUT2D eigenvalue weighted by Gasteiger charge is -2.33. The summed E-state index contributed by atoms with van der Waals surface area (Å²) in [7, 11) is 0. The monoisotopic (exact) mass is 422 g/mol. The minimum Gasteiger partial charge on any atom is -0.490 e. The van der Waals surface area contributed by atoms with E-state index in [0.717, 1.165) is 44.5 Å². The van der Waals surface area contributed by atoms with Gasteiger partial charge in [-0.3, -0.25) is 9.59 Å². The summed E-state index contributed by atoms with van der Waals surface area (Å²) in [5, 5.41) is 2.96. The molecular formula is C25H30N2O4. The third-order valence-electron chi connectivity index (χ3n) is 5.99. The van der Waals surface area contributed by atoms with E-state index in [1.807, 2.05) is 35.2 Å². The van der Waals surface area contributed by atoms with E-state index in [1.165, 1.54) is 5.56 Å². The van der Waals surface area contributed by atoms with Crippen LogP contribution in [0.4, 0.5) is 0 Å². The van der Waals surface area contributed by atoms with Gasteiger partial charge >= 0.3 is 0 Å². The molecule has 1 N–H and O–H groups in total. The Morgan fingerprint density at radius 2 is 1.74 bits per heavy atom. The molecule has 2 aliphatic rings. The van der Waals surface area contributed by atoms with Crippen LogP contribution >= 0.6 is 0 Å². The maximum absolute atomic E-state index is 12.5. The van der Waals surface area contributed by atoms with Crippen molar-refractivity contribution in [3.63, 3.8) is 0 Å². The molecule has 0 aliphatic carbocycles. The molecule has 2 aliphatic heterocycles. The molecule has 6 nitrogen and oxygen atoms in total. The predicted octanol–water partition coefficient (Wildman–Crippen LogP) is 3.07. The summed E-state index contributed by atoms with van der Waals surface area (Å²) in [5.41, 5.74) is 1.83. The lowest BCUT2D eigenvalue weighted by Crippen LogP contribution is -2.44. The van der Waals surface area contributed by atoms with Gasteiger partial charge in [-0.2, -0.15) is 0 Å². The Labute approximate surface area is 183 Å². The zero-order chi connectivity index (χ0) is 21.5. The number of nitrogens with zero attached hydrogens (tertiary/aromatic N) is 1. The fourth-order valence-electron chi connectivity index (χ4n) is 4.13. The number of piperidine rings is 1. The Morgan fingerprint density at radius 1 is 1.00 bits per heavy atom. The number of likely N-dealkylation sites (tertiary alicyclic amines) is 1. The summed E-state index contributed by atoms with van der Waals surface area (Å²) < 4.78 is 11.4. The summed E-state index contributed by atoms with van der Waals surface area (Å²) >= 11 is 0. The Balaban J connectivity index is 1.20. The average molecular weight is 423 g/mol. The van der Waals surface area contributed by atoms with E-state index >= 15 is 0 Å². The maximum atomic E-state index is 12.5. The van der Waals surface area contributed by atoms with Gasteiger partial charge in [0.2, 0.25) is 5.91 Å². The highest BCUT2D eigenvalue weighted by Crippen LogP contribution is 2.22. The average Bonchev–Trinajstić information content (AvgIpc) is 3.35. The second-order valence-electron chi connectivity index (χ2n) is 8.22. The summed E-state index contributed by atoms with van der Waals surface area (Å²) in [5.74, 6) is 0.933. The predicted molar refractivity (Wildman–Crippen MR) is 118 cm³/mol. The lowest BCUT2D eigenvalue weighted by molar-refractivity contribution is -0.137. The van der Waals surface area contributed by atoms with Gasteiger partial charge in [-0.15, -0.1) is 0 Å². The van der Waals surface area contributed by atoms with Crippen LogP contribution in [0.1, 0.15) is 35.2 Å². The van der Waals surface area contributed by atoms with Crippen LogP contribution in [0.15, 0.2) is 54.6 Å². The molecule has 2 fully saturated rings. The largest absolute Gasteiger partial charge is 0.490 e. The van der Waals surface area contributed by atoms with E-state index in [9.17, 15) is 9.59 Å². The van der Waals surface area contributed by atoms with Crippen LogP contribution in [-0.4, -0.2) is 55.7 Å². The quantitative estimate of drug-likeness (QED) is 0.745. The van der Waals surface area contributed by atoms with Crippen molar-refractivity contribution < 1.29 is 19.1 Å². The van der Waals surface area contributed by atoms with Crippen LogP contribution in [0.2, 0.25) is 0 Å². The summed E-state index contributed by atoms with van der Waals surface area (Å²) in [4.78, 5) is 26.8. The van der Waals surface area contributed by atoms with Crippen molar-refractivity contribution in [1.82, 2.24) is 10.2 Å². The molecule has 0 spiro atoms. The fraction of sp³-hybridized carbons (Fsp3) is 0.440. The maximum Gasteiger partial charge on any atom is 0.251 e. The van der Waals surface area contributed by atoms with Crippen LogP contribution in [0.5, 0.6) is 5.75 Å². The number of carbonyl (C=O) groups is 2. The van der Waals surface area contributed by atoms with Crippen molar-refractivity contribution in [1.29, 1.82) is 0 Å². The molecular weight excluding hydrogens is 392 g/mol. The molecule has 1 atom stereocenters. The lowest BCUT2D eigenvalue weighted by atomic mass is 10.0. The minimum atomic E-state index is -0.0785. The van der Waals surface area contributed by atoms with Crippen molar-refractivity contribution in [2.24, 2.45) is 5.92 Å². The number of hydrogen-bond acceptors (Lipinski definition) is 4. The standard InChI is InChI=1S/C25H30N2O4/c28-24(26-14-10-19-4-2-1-3-5-19)20-6-8-22(9-7-20)31-23-11-15-27(16-12-23)25(29)21-13-17-30-18-21/h1-9,21,23H,10-18H2,(H,26,28)/t21-/m0/s1. The number of rotatable bonds is 7. The summed E-state index contributed by atoms with van der Waals surface area (Å²) in [6.45, 7) is 3.30. The van der Waals surface area contributed by atoms with Crippen molar-refractivity contribution in [3.05, 3.63) is 65.7 Å². The van der Waals surface area contributed by atoms with E-state index in [0.29, 0.717) is 25.3 Å². The van der Waals surface area contributed by atoms with Crippen molar-refractivity contribution in [2.45, 2.75) is 31.8 Å². The molecule has 2 heterocycles. The van der Waals surface area contributed by atoms with Crippen LogP contribution in [0, 0.1) is 5.92 Å². The SMILES string of the molecule is O=C(NCCc1ccccc1)c1ccc(OC2CCN(C(=O)[C@H]3CCOC3)CC2)cc1. The van der Waals surface area contributed by atoms with Crippen molar-refractivity contribution in [2.75, 3.05) is 32.8 Å². The third-order valence-corrected chi connectivity index (χ3v) is 5.99. The highest BCUT2D eigenvalue weighted by Gasteiger charge is 2.31. The Morgan fingerprint density at radius 3 is 2.42 bits per heavy atom. The molecule has 0 radical (unpaired) electrons. The van der Waals surface area contributed by atoms with Gasteiger partial charge < -0.3 is 19.7 Å². The van der Waals surface area contributed by atoms with Crippen LogP contribution in [0.25, 0.3) is 0 Å². The highest BCUT2D eigenvalue weighted by atomic mass is 16.5. The van der Waals surface area contributed by atoms with E-state index in [-0.39, 0.29) is 23.8 Å². The molecule has 31 heavy (non-hydrogen) atoms. The fourth-order valence-corrected chi connectivity index (χ4v) is 4.13. The van der Waals surface area contributed by atoms with Gasteiger partial charge in [-0.1, -0.05) is 30.3 Å².